The third-order valence-electron chi connectivity index (χ3n) is 7.07. The summed E-state index contributed by atoms with van der Waals surface area (Å²) < 4.78 is 20.0. The van der Waals surface area contributed by atoms with Gasteiger partial charge in [-0.3, -0.25) is 0 Å². The van der Waals surface area contributed by atoms with Gasteiger partial charge in [-0.05, 0) is 109 Å². The number of esters is 1. The average Bonchev–Trinajstić information content (AvgIpc) is 3.37. The molecule has 3 aromatic rings. The van der Waals surface area contributed by atoms with Crippen LogP contribution >= 0.6 is 28.4 Å². The van der Waals surface area contributed by atoms with Crippen LogP contribution in [0.3, 0.4) is 0 Å². The molecule has 0 amide bonds. The molecule has 2 heterocycles. The summed E-state index contributed by atoms with van der Waals surface area (Å²) in [7, 11) is -0.456. The molecule has 1 aromatic heterocycles. The Morgan fingerprint density at radius 3 is 2.32 bits per heavy atom. The maximum absolute atomic E-state index is 11.7. The van der Waals surface area contributed by atoms with E-state index in [-0.39, 0.29) is 5.97 Å². The smallest absolute Gasteiger partial charge is 0.463 e. The molecule has 4 rings (SSSR count). The van der Waals surface area contributed by atoms with Crippen molar-refractivity contribution in [2.24, 2.45) is 0 Å². The van der Waals surface area contributed by atoms with Crippen LogP contribution in [0.4, 0.5) is 0 Å². The van der Waals surface area contributed by atoms with Gasteiger partial charge in [-0.15, -0.1) is 0 Å². The summed E-state index contributed by atoms with van der Waals surface area (Å²) in [6.45, 7) is 12.6. The SMILES string of the molecule is CCOC(=O)/C=C/c1ccc(/C(=C(/CC)B2OC(C)(C)C(C)(C)O2)c2ccc3c(cnn3PI)c2)cc1. The van der Waals surface area contributed by atoms with Gasteiger partial charge in [-0.25, -0.2) is 9.25 Å². The van der Waals surface area contributed by atoms with E-state index in [0.717, 1.165) is 45.1 Å². The summed E-state index contributed by atoms with van der Waals surface area (Å²) in [5, 5.41) is 5.63. The number of hydrogen-bond donors (Lipinski definition) is 0. The molecule has 0 aliphatic carbocycles. The fourth-order valence-corrected chi connectivity index (χ4v) is 5.90. The second-order valence-electron chi connectivity index (χ2n) is 9.96. The van der Waals surface area contributed by atoms with Crippen LogP contribution in [0.2, 0.25) is 0 Å². The van der Waals surface area contributed by atoms with Crippen LogP contribution in [0.15, 0.2) is 60.2 Å². The first-order valence-electron chi connectivity index (χ1n) is 12.5. The van der Waals surface area contributed by atoms with Crippen LogP contribution in [0, 0.1) is 0 Å². The van der Waals surface area contributed by atoms with Crippen molar-refractivity contribution >= 4 is 64.1 Å². The van der Waals surface area contributed by atoms with E-state index in [0.29, 0.717) is 13.0 Å². The Morgan fingerprint density at radius 1 is 1.08 bits per heavy atom. The number of benzene rings is 2. The van der Waals surface area contributed by atoms with E-state index in [1.807, 2.05) is 22.8 Å². The number of hydrogen-bond acceptors (Lipinski definition) is 5. The predicted octanol–water partition coefficient (Wildman–Crippen LogP) is 7.25. The minimum Gasteiger partial charge on any atom is -0.463 e. The van der Waals surface area contributed by atoms with E-state index < -0.39 is 18.3 Å². The minimum absolute atomic E-state index is 0.345. The van der Waals surface area contributed by atoms with E-state index >= 15 is 0 Å². The Morgan fingerprint density at radius 2 is 1.73 bits per heavy atom. The van der Waals surface area contributed by atoms with Gasteiger partial charge in [0.05, 0.1) is 35.9 Å². The average molecular weight is 630 g/mol. The molecule has 0 spiro atoms. The molecule has 0 saturated carbocycles. The predicted molar refractivity (Wildman–Crippen MR) is 162 cm³/mol. The normalized spacial score (nSPS) is 17.8. The zero-order chi connectivity index (χ0) is 26.8. The number of carbonyl (C=O) groups excluding carboxylic acids is 1. The van der Waals surface area contributed by atoms with Crippen LogP contribution in [0.25, 0.3) is 22.6 Å². The lowest BCUT2D eigenvalue weighted by Gasteiger charge is -2.32. The summed E-state index contributed by atoms with van der Waals surface area (Å²) in [6, 6.07) is 14.7. The highest BCUT2D eigenvalue weighted by atomic mass is 127. The third kappa shape index (κ3) is 5.87. The fourth-order valence-electron chi connectivity index (χ4n) is 4.36. The number of nitrogens with zero attached hydrogens (tertiary/aromatic N) is 2. The number of halogens is 1. The second kappa shape index (κ2) is 11.4. The largest absolute Gasteiger partial charge is 0.491 e. The van der Waals surface area contributed by atoms with Gasteiger partial charge in [-0.1, -0.05) is 37.3 Å². The van der Waals surface area contributed by atoms with Crippen LogP contribution in [0.5, 0.6) is 0 Å². The number of aromatic nitrogens is 2. The van der Waals surface area contributed by atoms with Crippen LogP contribution < -0.4 is 0 Å². The second-order valence-corrected chi connectivity index (χ2v) is 12.0. The lowest BCUT2D eigenvalue weighted by molar-refractivity contribution is -0.137. The zero-order valence-electron chi connectivity index (χ0n) is 22.2. The number of ether oxygens (including phenoxy) is 1. The van der Waals surface area contributed by atoms with E-state index in [1.165, 1.54) is 6.08 Å². The van der Waals surface area contributed by atoms with Gasteiger partial charge in [0.2, 0.25) is 0 Å². The van der Waals surface area contributed by atoms with Crippen LogP contribution in [-0.2, 0) is 18.8 Å². The first-order chi connectivity index (χ1) is 17.6. The van der Waals surface area contributed by atoms with E-state index in [9.17, 15) is 4.79 Å². The molecule has 2 aromatic carbocycles. The van der Waals surface area contributed by atoms with Gasteiger partial charge < -0.3 is 14.0 Å². The molecule has 1 atom stereocenters. The Hall–Kier alpha value is -2.00. The Kier molecular flexibility index (Phi) is 8.63. The van der Waals surface area contributed by atoms with Crippen molar-refractivity contribution in [3.05, 3.63) is 76.9 Å². The first-order valence-corrected chi connectivity index (χ1v) is 16.5. The number of carbonyl (C=O) groups is 1. The number of rotatable bonds is 8. The van der Waals surface area contributed by atoms with E-state index in [4.69, 9.17) is 14.0 Å². The van der Waals surface area contributed by atoms with Crippen molar-refractivity contribution in [3.8, 4) is 0 Å². The van der Waals surface area contributed by atoms with E-state index in [2.05, 4.69) is 92.1 Å². The molecule has 0 bridgehead atoms. The maximum atomic E-state index is 11.7. The quantitative estimate of drug-likeness (QED) is 0.0864. The summed E-state index contributed by atoms with van der Waals surface area (Å²) in [5.41, 5.74) is 5.50. The van der Waals surface area contributed by atoms with Gasteiger partial charge >= 0.3 is 13.1 Å². The summed E-state index contributed by atoms with van der Waals surface area (Å²) in [6.07, 6.45) is 6.45. The molecule has 1 unspecified atom stereocenters. The highest BCUT2D eigenvalue weighted by Crippen LogP contribution is 2.42. The maximum Gasteiger partial charge on any atom is 0.491 e. The standard InChI is InChI=1S/C28H33BIN2O4P/c1-7-23(29-35-27(3,4)28(5,6)36-29)26(21-14-15-24-22(17-21)18-31-32(24)37-30)20-12-9-19(10-13-20)11-16-25(33)34-8-2/h9-18,37H,7-8H2,1-6H3/b16-11+,26-23+. The fraction of sp³-hybridized carbons (Fsp3) is 0.357. The Balaban J connectivity index is 1.82. The first kappa shape index (κ1) is 28.0. The van der Waals surface area contributed by atoms with Gasteiger partial charge in [0.1, 0.15) is 0 Å². The van der Waals surface area contributed by atoms with Crippen molar-refractivity contribution in [3.63, 3.8) is 0 Å². The lowest BCUT2D eigenvalue weighted by Crippen LogP contribution is -2.41. The monoisotopic (exact) mass is 630 g/mol. The summed E-state index contributed by atoms with van der Waals surface area (Å²) in [4.78, 5) is 11.7. The number of allylic oxidation sites excluding steroid dienone is 1. The molecule has 1 fully saturated rings. The molecule has 0 radical (unpaired) electrons. The van der Waals surface area contributed by atoms with Crippen molar-refractivity contribution in [2.45, 2.75) is 59.2 Å². The number of fused-ring (bicyclic) bond motifs is 1. The van der Waals surface area contributed by atoms with Crippen LogP contribution in [-0.4, -0.2) is 40.4 Å². The van der Waals surface area contributed by atoms with Crippen molar-refractivity contribution < 1.29 is 18.8 Å². The molecule has 1 aliphatic heterocycles. The third-order valence-corrected chi connectivity index (χ3v) is 8.96. The Bertz CT molecular complexity index is 1330. The van der Waals surface area contributed by atoms with Gasteiger partial charge in [0.15, 0.2) is 0 Å². The Labute approximate surface area is 234 Å². The zero-order valence-corrected chi connectivity index (χ0v) is 25.3. The highest BCUT2D eigenvalue weighted by Gasteiger charge is 2.52. The van der Waals surface area contributed by atoms with Gasteiger partial charge in [0.25, 0.3) is 0 Å². The van der Waals surface area contributed by atoms with Crippen molar-refractivity contribution in [2.75, 3.05) is 6.61 Å². The summed E-state index contributed by atoms with van der Waals surface area (Å²) in [5.74, 6) is -0.345. The van der Waals surface area contributed by atoms with Crippen molar-refractivity contribution in [1.29, 1.82) is 0 Å². The molecule has 1 saturated heterocycles. The molecule has 194 valence electrons. The molecular formula is C28H33BIN2O4P. The molecule has 1 aliphatic rings. The van der Waals surface area contributed by atoms with Gasteiger partial charge in [-0.2, -0.15) is 5.10 Å². The summed E-state index contributed by atoms with van der Waals surface area (Å²) >= 11 is 2.35. The topological polar surface area (TPSA) is 62.6 Å². The van der Waals surface area contributed by atoms with Crippen molar-refractivity contribution in [1.82, 2.24) is 9.55 Å². The minimum atomic E-state index is -0.456. The molecule has 37 heavy (non-hydrogen) atoms. The lowest BCUT2D eigenvalue weighted by atomic mass is 9.70. The molecule has 0 N–H and O–H groups in total. The molecule has 6 nitrogen and oxygen atoms in total. The molecular weight excluding hydrogens is 597 g/mol. The molecule has 9 heteroatoms. The van der Waals surface area contributed by atoms with E-state index in [1.54, 1.807) is 13.0 Å². The van der Waals surface area contributed by atoms with Crippen LogP contribution in [0.1, 0.15) is 64.7 Å². The van der Waals surface area contributed by atoms with Gasteiger partial charge in [0, 0.05) is 11.5 Å². The highest BCUT2D eigenvalue weighted by molar-refractivity contribution is 14.2.